The summed E-state index contributed by atoms with van der Waals surface area (Å²) in [6, 6.07) is 5.23. The molecule has 1 aromatic carbocycles. The van der Waals surface area contributed by atoms with Crippen LogP contribution in [-0.2, 0) is 0 Å². The fourth-order valence-electron chi connectivity index (χ4n) is 2.18. The lowest BCUT2D eigenvalue weighted by Gasteiger charge is -2.23. The second kappa shape index (κ2) is 6.50. The van der Waals surface area contributed by atoms with Gasteiger partial charge < -0.3 is 15.5 Å². The second-order valence-corrected chi connectivity index (χ2v) is 4.49. The third-order valence-electron chi connectivity index (χ3n) is 3.11. The third kappa shape index (κ3) is 3.63. The number of hydrogen-bond donors (Lipinski definition) is 3. The molecule has 0 saturated carbocycles. The topological polar surface area (TPSA) is 52.5 Å². The maximum absolute atomic E-state index is 9.78. The van der Waals surface area contributed by atoms with Crippen LogP contribution in [0.2, 0.25) is 0 Å². The molecule has 0 aliphatic carbocycles. The Morgan fingerprint density at radius 3 is 2.24 bits per heavy atom. The number of phenolic OH excluding ortho intramolecular Hbond substituents is 2. The van der Waals surface area contributed by atoms with Gasteiger partial charge in [-0.1, -0.05) is 26.3 Å². The number of nitrogens with one attached hydrogen (secondary N) is 1. The first-order chi connectivity index (χ1) is 8.10. The van der Waals surface area contributed by atoms with Gasteiger partial charge in [-0.15, -0.1) is 0 Å². The normalized spacial score (nSPS) is 14.5. The molecule has 1 rings (SSSR count). The van der Waals surface area contributed by atoms with Crippen molar-refractivity contribution in [3.63, 3.8) is 0 Å². The highest BCUT2D eigenvalue weighted by Crippen LogP contribution is 2.32. The molecule has 2 unspecified atom stereocenters. The minimum atomic E-state index is -0.0484. The molecule has 0 bridgehead atoms. The van der Waals surface area contributed by atoms with Crippen LogP contribution in [0.15, 0.2) is 18.2 Å². The highest BCUT2D eigenvalue weighted by Gasteiger charge is 2.17. The smallest absolute Gasteiger partial charge is 0.124 e. The van der Waals surface area contributed by atoms with Gasteiger partial charge in [0.1, 0.15) is 11.5 Å². The van der Waals surface area contributed by atoms with Crippen LogP contribution in [0.3, 0.4) is 0 Å². The molecule has 3 heteroatoms. The number of rotatable bonds is 6. The highest BCUT2D eigenvalue weighted by molar-refractivity contribution is 5.44. The summed E-state index contributed by atoms with van der Waals surface area (Å²) in [7, 11) is 0. The van der Waals surface area contributed by atoms with Gasteiger partial charge in [-0.3, -0.25) is 0 Å². The summed E-state index contributed by atoms with van der Waals surface area (Å²) in [5.41, 5.74) is 0.585. The Hall–Kier alpha value is -1.22. The molecule has 0 saturated heterocycles. The van der Waals surface area contributed by atoms with Gasteiger partial charge in [0.15, 0.2) is 0 Å². The van der Waals surface area contributed by atoms with E-state index in [4.69, 9.17) is 0 Å². The molecule has 0 amide bonds. The van der Waals surface area contributed by atoms with E-state index in [2.05, 4.69) is 19.2 Å². The number of aromatic hydroxyl groups is 2. The van der Waals surface area contributed by atoms with Gasteiger partial charge >= 0.3 is 0 Å². The summed E-state index contributed by atoms with van der Waals surface area (Å²) >= 11 is 0. The lowest BCUT2D eigenvalue weighted by Crippen LogP contribution is -2.30. The van der Waals surface area contributed by atoms with Gasteiger partial charge in [-0.05, 0) is 31.9 Å². The summed E-state index contributed by atoms with van der Waals surface area (Å²) in [6.45, 7) is 6.27. The minimum absolute atomic E-state index is 0.0484. The molecule has 0 aromatic heterocycles. The van der Waals surface area contributed by atoms with E-state index in [1.54, 1.807) is 18.2 Å². The Morgan fingerprint density at radius 1 is 1.18 bits per heavy atom. The first-order valence-corrected chi connectivity index (χ1v) is 6.37. The maximum Gasteiger partial charge on any atom is 0.124 e. The lowest BCUT2D eigenvalue weighted by atomic mass is 10.0. The average Bonchev–Trinajstić information content (AvgIpc) is 2.28. The molecule has 2 atom stereocenters. The quantitative estimate of drug-likeness (QED) is 0.711. The largest absolute Gasteiger partial charge is 0.507 e. The van der Waals surface area contributed by atoms with Crippen LogP contribution in [0.1, 0.15) is 51.6 Å². The van der Waals surface area contributed by atoms with Gasteiger partial charge in [0.2, 0.25) is 0 Å². The summed E-state index contributed by atoms with van der Waals surface area (Å²) in [4.78, 5) is 0. The van der Waals surface area contributed by atoms with Crippen molar-refractivity contribution in [2.24, 2.45) is 0 Å². The van der Waals surface area contributed by atoms with E-state index < -0.39 is 0 Å². The van der Waals surface area contributed by atoms with Gasteiger partial charge in [-0.25, -0.2) is 0 Å². The molecule has 3 nitrogen and oxygen atoms in total. The van der Waals surface area contributed by atoms with Gasteiger partial charge in [0.25, 0.3) is 0 Å². The van der Waals surface area contributed by atoms with Crippen molar-refractivity contribution >= 4 is 0 Å². The summed E-state index contributed by atoms with van der Waals surface area (Å²) in [5, 5.41) is 23.0. The first-order valence-electron chi connectivity index (χ1n) is 6.37. The monoisotopic (exact) mass is 237 g/mol. The standard InChI is InChI=1S/C14H23NO2/c1-4-7-11(5-2)15-10(3)14-12(16)8-6-9-13(14)17/h6,8-11,15-17H,4-5,7H2,1-3H3. The van der Waals surface area contributed by atoms with Crippen LogP contribution >= 0.6 is 0 Å². The van der Waals surface area contributed by atoms with Crippen molar-refractivity contribution in [3.8, 4) is 11.5 Å². The average molecular weight is 237 g/mol. The van der Waals surface area contributed by atoms with Gasteiger partial charge in [0, 0.05) is 12.1 Å². The fraction of sp³-hybridized carbons (Fsp3) is 0.571. The SMILES string of the molecule is CCCC(CC)NC(C)c1c(O)cccc1O. The molecule has 17 heavy (non-hydrogen) atoms. The maximum atomic E-state index is 9.78. The van der Waals surface area contributed by atoms with E-state index in [0.717, 1.165) is 19.3 Å². The van der Waals surface area contributed by atoms with Crippen molar-refractivity contribution in [3.05, 3.63) is 23.8 Å². The van der Waals surface area contributed by atoms with Crippen molar-refractivity contribution in [2.45, 2.75) is 52.1 Å². The molecule has 1 aromatic rings. The zero-order valence-electron chi connectivity index (χ0n) is 10.9. The number of benzene rings is 1. The summed E-state index contributed by atoms with van der Waals surface area (Å²) in [5.74, 6) is 0.299. The summed E-state index contributed by atoms with van der Waals surface area (Å²) < 4.78 is 0. The van der Waals surface area contributed by atoms with Crippen LogP contribution in [-0.4, -0.2) is 16.3 Å². The molecule has 0 aliphatic heterocycles. The Balaban J connectivity index is 2.78. The van der Waals surface area contributed by atoms with Crippen molar-refractivity contribution in [1.29, 1.82) is 0 Å². The van der Waals surface area contributed by atoms with Crippen molar-refractivity contribution in [2.75, 3.05) is 0 Å². The van der Waals surface area contributed by atoms with Crippen LogP contribution in [0.5, 0.6) is 11.5 Å². The fourth-order valence-corrected chi connectivity index (χ4v) is 2.18. The van der Waals surface area contributed by atoms with Crippen molar-refractivity contribution < 1.29 is 10.2 Å². The molecular formula is C14H23NO2. The summed E-state index contributed by atoms with van der Waals surface area (Å²) in [6.07, 6.45) is 3.28. The van der Waals surface area contributed by atoms with E-state index in [-0.39, 0.29) is 17.5 Å². The molecule has 3 N–H and O–H groups in total. The number of hydrogen-bond acceptors (Lipinski definition) is 3. The Bertz CT molecular complexity index is 332. The Kier molecular flexibility index (Phi) is 5.29. The van der Waals surface area contributed by atoms with E-state index in [1.807, 2.05) is 6.92 Å². The zero-order chi connectivity index (χ0) is 12.8. The van der Waals surface area contributed by atoms with E-state index in [9.17, 15) is 10.2 Å². The Labute approximate surface area is 103 Å². The predicted octanol–water partition coefficient (Wildman–Crippen LogP) is 3.33. The minimum Gasteiger partial charge on any atom is -0.507 e. The van der Waals surface area contributed by atoms with Crippen molar-refractivity contribution in [1.82, 2.24) is 5.32 Å². The van der Waals surface area contributed by atoms with E-state index in [1.165, 1.54) is 0 Å². The molecule has 0 fully saturated rings. The molecular weight excluding hydrogens is 214 g/mol. The highest BCUT2D eigenvalue weighted by atomic mass is 16.3. The first kappa shape index (κ1) is 13.8. The molecule has 0 heterocycles. The number of phenols is 2. The van der Waals surface area contributed by atoms with E-state index in [0.29, 0.717) is 11.6 Å². The molecule has 0 radical (unpaired) electrons. The third-order valence-corrected chi connectivity index (χ3v) is 3.11. The van der Waals surface area contributed by atoms with Crippen LogP contribution in [0, 0.1) is 0 Å². The predicted molar refractivity (Wildman–Crippen MR) is 70.3 cm³/mol. The lowest BCUT2D eigenvalue weighted by molar-refractivity contribution is 0.382. The molecule has 0 aliphatic rings. The second-order valence-electron chi connectivity index (χ2n) is 4.49. The van der Waals surface area contributed by atoms with Crippen LogP contribution in [0.25, 0.3) is 0 Å². The van der Waals surface area contributed by atoms with Crippen LogP contribution < -0.4 is 5.32 Å². The van der Waals surface area contributed by atoms with Gasteiger partial charge in [-0.2, -0.15) is 0 Å². The zero-order valence-corrected chi connectivity index (χ0v) is 10.9. The van der Waals surface area contributed by atoms with Crippen LogP contribution in [0.4, 0.5) is 0 Å². The molecule has 96 valence electrons. The van der Waals surface area contributed by atoms with Gasteiger partial charge in [0.05, 0.1) is 5.56 Å². The van der Waals surface area contributed by atoms with E-state index >= 15 is 0 Å². The molecule has 0 spiro atoms. The Morgan fingerprint density at radius 2 is 1.76 bits per heavy atom.